The van der Waals surface area contributed by atoms with E-state index >= 15 is 0 Å². The zero-order chi connectivity index (χ0) is 13.0. The minimum atomic E-state index is -0.851. The molecule has 4 heteroatoms. The third-order valence-corrected chi connectivity index (χ3v) is 3.48. The van der Waals surface area contributed by atoms with Crippen LogP contribution < -0.4 is 10.1 Å². The average Bonchev–Trinajstić information content (AvgIpc) is 2.37. The van der Waals surface area contributed by atoms with Crippen LogP contribution in [0, 0.1) is 17.6 Å². The predicted octanol–water partition coefficient (Wildman–Crippen LogP) is 3.12. The molecule has 0 heterocycles. The van der Waals surface area contributed by atoms with Gasteiger partial charge in [-0.3, -0.25) is 0 Å². The van der Waals surface area contributed by atoms with Crippen molar-refractivity contribution in [2.45, 2.75) is 31.8 Å². The van der Waals surface area contributed by atoms with E-state index in [0.29, 0.717) is 11.7 Å². The van der Waals surface area contributed by atoms with Gasteiger partial charge in [0.1, 0.15) is 5.75 Å². The molecule has 0 amide bonds. The maximum atomic E-state index is 13.0. The van der Waals surface area contributed by atoms with Crippen LogP contribution in [0.25, 0.3) is 0 Å². The largest absolute Gasteiger partial charge is 0.490 e. The van der Waals surface area contributed by atoms with E-state index in [1.165, 1.54) is 6.07 Å². The summed E-state index contributed by atoms with van der Waals surface area (Å²) < 4.78 is 31.5. The van der Waals surface area contributed by atoms with Crippen LogP contribution in [0.5, 0.6) is 5.75 Å². The predicted molar refractivity (Wildman–Crippen MR) is 66.7 cm³/mol. The van der Waals surface area contributed by atoms with E-state index in [2.05, 4.69) is 5.32 Å². The van der Waals surface area contributed by atoms with Gasteiger partial charge in [-0.05, 0) is 57.3 Å². The van der Waals surface area contributed by atoms with E-state index in [1.807, 2.05) is 7.05 Å². The second-order valence-corrected chi connectivity index (χ2v) is 4.89. The number of nitrogens with one attached hydrogen (secondary N) is 1. The van der Waals surface area contributed by atoms with Crippen molar-refractivity contribution in [1.82, 2.24) is 5.32 Å². The van der Waals surface area contributed by atoms with Crippen molar-refractivity contribution in [2.75, 3.05) is 13.6 Å². The maximum Gasteiger partial charge on any atom is 0.162 e. The van der Waals surface area contributed by atoms with Crippen LogP contribution in [0.2, 0.25) is 0 Å². The lowest BCUT2D eigenvalue weighted by Gasteiger charge is -2.28. The second-order valence-electron chi connectivity index (χ2n) is 4.89. The van der Waals surface area contributed by atoms with Crippen molar-refractivity contribution in [1.29, 1.82) is 0 Å². The quantitative estimate of drug-likeness (QED) is 0.892. The molecule has 1 aliphatic carbocycles. The van der Waals surface area contributed by atoms with Gasteiger partial charge >= 0.3 is 0 Å². The van der Waals surface area contributed by atoms with Crippen LogP contribution in [0.15, 0.2) is 18.2 Å². The highest BCUT2D eigenvalue weighted by Crippen LogP contribution is 2.27. The Morgan fingerprint density at radius 3 is 2.50 bits per heavy atom. The summed E-state index contributed by atoms with van der Waals surface area (Å²) in [5.74, 6) is -0.554. The molecule has 1 aromatic carbocycles. The second kappa shape index (κ2) is 6.14. The molecule has 0 spiro atoms. The molecule has 0 radical (unpaired) electrons. The molecule has 1 saturated carbocycles. The van der Waals surface area contributed by atoms with Gasteiger partial charge in [-0.1, -0.05) is 0 Å². The first kappa shape index (κ1) is 13.3. The van der Waals surface area contributed by atoms with Crippen molar-refractivity contribution in [3.63, 3.8) is 0 Å². The molecule has 1 fully saturated rings. The van der Waals surface area contributed by atoms with Gasteiger partial charge < -0.3 is 10.1 Å². The van der Waals surface area contributed by atoms with E-state index in [1.54, 1.807) is 0 Å². The summed E-state index contributed by atoms with van der Waals surface area (Å²) in [5, 5.41) is 3.18. The van der Waals surface area contributed by atoms with Crippen molar-refractivity contribution < 1.29 is 13.5 Å². The van der Waals surface area contributed by atoms with E-state index in [0.717, 1.165) is 44.4 Å². The number of hydrogen-bond donors (Lipinski definition) is 1. The highest BCUT2D eigenvalue weighted by atomic mass is 19.2. The van der Waals surface area contributed by atoms with Gasteiger partial charge in [0.2, 0.25) is 0 Å². The standard InChI is InChI=1S/C14H19F2NO/c1-17-9-10-2-4-11(5-3-10)18-12-6-7-13(15)14(16)8-12/h6-8,10-11,17H,2-5,9H2,1H3. The summed E-state index contributed by atoms with van der Waals surface area (Å²) in [6.07, 6.45) is 4.32. The fourth-order valence-electron chi connectivity index (χ4n) is 2.49. The van der Waals surface area contributed by atoms with Crippen molar-refractivity contribution in [3.8, 4) is 5.75 Å². The molecule has 0 atom stereocenters. The molecular formula is C14H19F2NO. The summed E-state index contributed by atoms with van der Waals surface area (Å²) in [7, 11) is 1.96. The van der Waals surface area contributed by atoms with Gasteiger partial charge in [0.15, 0.2) is 11.6 Å². The van der Waals surface area contributed by atoms with Crippen LogP contribution >= 0.6 is 0 Å². The molecule has 1 aliphatic rings. The lowest BCUT2D eigenvalue weighted by atomic mass is 9.87. The minimum absolute atomic E-state index is 0.128. The average molecular weight is 255 g/mol. The first-order chi connectivity index (χ1) is 8.69. The third-order valence-electron chi connectivity index (χ3n) is 3.48. The Balaban J connectivity index is 1.85. The number of benzene rings is 1. The van der Waals surface area contributed by atoms with Gasteiger partial charge in [0, 0.05) is 6.07 Å². The molecule has 0 saturated heterocycles. The van der Waals surface area contributed by atoms with Crippen LogP contribution in [-0.2, 0) is 0 Å². The number of rotatable bonds is 4. The molecule has 1 aromatic rings. The molecular weight excluding hydrogens is 236 g/mol. The highest BCUT2D eigenvalue weighted by molar-refractivity contribution is 5.23. The minimum Gasteiger partial charge on any atom is -0.490 e. The fourth-order valence-corrected chi connectivity index (χ4v) is 2.49. The summed E-state index contributed by atoms with van der Waals surface area (Å²) in [6, 6.07) is 3.71. The summed E-state index contributed by atoms with van der Waals surface area (Å²) in [6.45, 7) is 1.04. The Morgan fingerprint density at radius 2 is 1.89 bits per heavy atom. The molecule has 1 N–H and O–H groups in total. The first-order valence-electron chi connectivity index (χ1n) is 6.45. The van der Waals surface area contributed by atoms with Crippen molar-refractivity contribution in [3.05, 3.63) is 29.8 Å². The topological polar surface area (TPSA) is 21.3 Å². The fraction of sp³-hybridized carbons (Fsp3) is 0.571. The summed E-state index contributed by atoms with van der Waals surface area (Å²) in [4.78, 5) is 0. The van der Waals surface area contributed by atoms with Gasteiger partial charge in [-0.25, -0.2) is 8.78 Å². The molecule has 2 nitrogen and oxygen atoms in total. The third kappa shape index (κ3) is 3.42. The zero-order valence-electron chi connectivity index (χ0n) is 10.6. The smallest absolute Gasteiger partial charge is 0.162 e. The monoisotopic (exact) mass is 255 g/mol. The van der Waals surface area contributed by atoms with Crippen LogP contribution in [0.1, 0.15) is 25.7 Å². The molecule has 0 unspecified atom stereocenters. The molecule has 0 aliphatic heterocycles. The lowest BCUT2D eigenvalue weighted by molar-refractivity contribution is 0.130. The highest BCUT2D eigenvalue weighted by Gasteiger charge is 2.22. The Bertz CT molecular complexity index is 389. The first-order valence-corrected chi connectivity index (χ1v) is 6.45. The maximum absolute atomic E-state index is 13.0. The SMILES string of the molecule is CNCC1CCC(Oc2ccc(F)c(F)c2)CC1. The van der Waals surface area contributed by atoms with Crippen LogP contribution in [-0.4, -0.2) is 19.7 Å². The number of halogens is 2. The molecule has 0 aromatic heterocycles. The Kier molecular flexibility index (Phi) is 4.53. The Labute approximate surface area is 106 Å². The molecule has 0 bridgehead atoms. The van der Waals surface area contributed by atoms with Crippen LogP contribution in [0.3, 0.4) is 0 Å². The van der Waals surface area contributed by atoms with Crippen molar-refractivity contribution in [2.24, 2.45) is 5.92 Å². The normalized spacial score (nSPS) is 23.9. The zero-order valence-corrected chi connectivity index (χ0v) is 10.6. The van der Waals surface area contributed by atoms with E-state index in [9.17, 15) is 8.78 Å². The molecule has 18 heavy (non-hydrogen) atoms. The summed E-state index contributed by atoms with van der Waals surface area (Å²) in [5.41, 5.74) is 0. The van der Waals surface area contributed by atoms with Crippen LogP contribution in [0.4, 0.5) is 8.78 Å². The summed E-state index contributed by atoms with van der Waals surface area (Å²) >= 11 is 0. The number of ether oxygens (including phenoxy) is 1. The van der Waals surface area contributed by atoms with E-state index in [4.69, 9.17) is 4.74 Å². The Hall–Kier alpha value is -1.16. The van der Waals surface area contributed by atoms with E-state index < -0.39 is 11.6 Å². The van der Waals surface area contributed by atoms with Gasteiger partial charge in [0.05, 0.1) is 6.10 Å². The van der Waals surface area contributed by atoms with Gasteiger partial charge in [-0.15, -0.1) is 0 Å². The lowest BCUT2D eigenvalue weighted by Crippen LogP contribution is -2.28. The van der Waals surface area contributed by atoms with E-state index in [-0.39, 0.29) is 6.10 Å². The van der Waals surface area contributed by atoms with Gasteiger partial charge in [-0.2, -0.15) is 0 Å². The number of hydrogen-bond acceptors (Lipinski definition) is 2. The van der Waals surface area contributed by atoms with Crippen molar-refractivity contribution >= 4 is 0 Å². The molecule has 100 valence electrons. The Morgan fingerprint density at radius 1 is 1.17 bits per heavy atom. The van der Waals surface area contributed by atoms with Gasteiger partial charge in [0.25, 0.3) is 0 Å². The molecule has 2 rings (SSSR count).